The van der Waals surface area contributed by atoms with Gasteiger partial charge < -0.3 is 36.6 Å². The standard InChI is InChI=1S/C5H5.4C2H6N.3CH4O.2Zr/c1-2-4-5-3-1;4*1-3-2;3*1-2;;/h1-5H;4*1-2H3;3*2H,1H3;;/q5*-1;;;;;+4. The summed E-state index contributed by atoms with van der Waals surface area (Å²) in [6.45, 7) is 0. The normalized spacial score (nSPS) is 5.20. The molecule has 0 spiro atoms. The molecule has 152 valence electrons. The summed E-state index contributed by atoms with van der Waals surface area (Å²) < 4.78 is 0. The minimum Gasteiger partial charge on any atom is -0.668 e. The fraction of sp³-hybridized carbons (Fsp3) is 0.688. The third-order valence-corrected chi connectivity index (χ3v) is 0.556. The summed E-state index contributed by atoms with van der Waals surface area (Å²) in [5.74, 6) is 0. The van der Waals surface area contributed by atoms with Crippen LogP contribution in [0.1, 0.15) is 0 Å². The van der Waals surface area contributed by atoms with Crippen LogP contribution in [0.15, 0.2) is 30.3 Å². The van der Waals surface area contributed by atoms with Gasteiger partial charge in [-0.05, 0) is 0 Å². The summed E-state index contributed by atoms with van der Waals surface area (Å²) in [5, 5.41) is 35.0. The van der Waals surface area contributed by atoms with E-state index in [1.165, 1.54) is 0 Å². The first-order valence-electron chi connectivity index (χ1n) is 6.59. The molecule has 0 heterocycles. The zero-order valence-electron chi connectivity index (χ0n) is 18.0. The van der Waals surface area contributed by atoms with E-state index in [0.29, 0.717) is 0 Å². The minimum atomic E-state index is 0. The van der Waals surface area contributed by atoms with Crippen LogP contribution in [0.3, 0.4) is 0 Å². The van der Waals surface area contributed by atoms with Gasteiger partial charge in [0.05, 0.1) is 0 Å². The molecule has 0 atom stereocenters. The smallest absolute Gasteiger partial charge is 0.668 e. The van der Waals surface area contributed by atoms with Crippen LogP contribution in [0.25, 0.3) is 21.3 Å². The first kappa shape index (κ1) is 56.2. The molecule has 1 rings (SSSR count). The van der Waals surface area contributed by atoms with Crippen molar-refractivity contribution in [2.75, 3.05) is 77.7 Å². The zero-order valence-corrected chi connectivity index (χ0v) is 22.9. The van der Waals surface area contributed by atoms with Crippen LogP contribution in [0.4, 0.5) is 0 Å². The second kappa shape index (κ2) is 146. The van der Waals surface area contributed by atoms with Crippen LogP contribution >= 0.6 is 0 Å². The number of hydrogen-bond donors (Lipinski definition) is 3. The number of nitrogens with zero attached hydrogens (tertiary/aromatic N) is 4. The van der Waals surface area contributed by atoms with Crippen molar-refractivity contribution in [2.24, 2.45) is 0 Å². The van der Waals surface area contributed by atoms with Gasteiger partial charge in [-0.1, -0.05) is 0 Å². The van der Waals surface area contributed by atoms with E-state index >= 15 is 0 Å². The Morgan fingerprint density at radius 3 is 0.680 bits per heavy atom. The summed E-state index contributed by atoms with van der Waals surface area (Å²) in [7, 11) is 17.0. The minimum absolute atomic E-state index is 0. The van der Waals surface area contributed by atoms with Crippen LogP contribution in [-0.2, 0) is 52.4 Å². The van der Waals surface area contributed by atoms with Crippen molar-refractivity contribution in [3.8, 4) is 0 Å². The Labute approximate surface area is 196 Å². The van der Waals surface area contributed by atoms with Gasteiger partial charge in [-0.15, -0.1) is 0 Å². The van der Waals surface area contributed by atoms with E-state index in [4.69, 9.17) is 15.3 Å². The molecular formula is C16H41N4O3Zr2-. The average Bonchev–Trinajstić information content (AvgIpc) is 3.15. The van der Waals surface area contributed by atoms with Gasteiger partial charge in [0.15, 0.2) is 0 Å². The average molecular weight is 520 g/mol. The van der Waals surface area contributed by atoms with Crippen molar-refractivity contribution < 1.29 is 67.7 Å². The maximum atomic E-state index is 7.00. The van der Waals surface area contributed by atoms with Crippen molar-refractivity contribution in [2.45, 2.75) is 0 Å². The summed E-state index contributed by atoms with van der Waals surface area (Å²) in [6, 6.07) is 10.0. The molecule has 0 aromatic heterocycles. The summed E-state index contributed by atoms with van der Waals surface area (Å²) in [4.78, 5) is 0. The van der Waals surface area contributed by atoms with Crippen LogP contribution in [-0.4, -0.2) is 93.0 Å². The number of rotatable bonds is 0. The molecule has 1 aromatic rings. The molecule has 0 bridgehead atoms. The van der Waals surface area contributed by atoms with Crippen molar-refractivity contribution in [3.63, 3.8) is 0 Å². The molecule has 9 heteroatoms. The predicted octanol–water partition coefficient (Wildman–Crippen LogP) is 2.70. The topological polar surface area (TPSA) is 117 Å². The monoisotopic (exact) mass is 517 g/mol. The van der Waals surface area contributed by atoms with Gasteiger partial charge in [0.25, 0.3) is 0 Å². The molecule has 25 heavy (non-hydrogen) atoms. The molecule has 0 unspecified atom stereocenters. The molecular weight excluding hydrogens is 479 g/mol. The van der Waals surface area contributed by atoms with Crippen molar-refractivity contribution in [1.29, 1.82) is 0 Å². The molecule has 0 aliphatic heterocycles. The van der Waals surface area contributed by atoms with Gasteiger partial charge in [-0.25, -0.2) is 12.1 Å². The van der Waals surface area contributed by atoms with E-state index in [1.807, 2.05) is 30.3 Å². The maximum absolute atomic E-state index is 7.00. The summed E-state index contributed by atoms with van der Waals surface area (Å²) >= 11 is 0. The summed E-state index contributed by atoms with van der Waals surface area (Å²) in [5.41, 5.74) is 0. The van der Waals surface area contributed by atoms with Gasteiger partial charge in [0.2, 0.25) is 0 Å². The van der Waals surface area contributed by atoms with Crippen molar-refractivity contribution in [1.82, 2.24) is 0 Å². The van der Waals surface area contributed by atoms with Crippen LogP contribution in [0.5, 0.6) is 0 Å². The Morgan fingerprint density at radius 1 is 0.520 bits per heavy atom. The fourth-order valence-corrected chi connectivity index (χ4v) is 0.321. The molecule has 0 radical (unpaired) electrons. The Hall–Kier alpha value is 0.836. The molecule has 1 aromatic carbocycles. The fourth-order valence-electron chi connectivity index (χ4n) is 0.321. The molecule has 7 nitrogen and oxygen atoms in total. The van der Waals surface area contributed by atoms with Gasteiger partial charge in [0.1, 0.15) is 0 Å². The largest absolute Gasteiger partial charge is 4.00 e. The molecule has 0 fully saturated rings. The van der Waals surface area contributed by atoms with Crippen molar-refractivity contribution >= 4 is 0 Å². The van der Waals surface area contributed by atoms with E-state index in [0.717, 1.165) is 21.3 Å². The Balaban J connectivity index is -0.0000000170. The van der Waals surface area contributed by atoms with Gasteiger partial charge >= 0.3 is 26.2 Å². The Morgan fingerprint density at radius 2 is 0.640 bits per heavy atom. The van der Waals surface area contributed by atoms with Crippen LogP contribution in [0, 0.1) is 0 Å². The van der Waals surface area contributed by atoms with Gasteiger partial charge in [0, 0.05) is 47.5 Å². The second-order valence-electron chi connectivity index (χ2n) is 2.75. The SMILES string of the molecule is CO.CO.CO.C[N-]C.C[N-]C.C[N-]C.C[N-]C.[Zr+4].[Zr].c1cc[cH-]c1. The summed E-state index contributed by atoms with van der Waals surface area (Å²) in [6.07, 6.45) is 0. The first-order chi connectivity index (χ1) is 11.2. The third-order valence-electron chi connectivity index (χ3n) is 0.556. The second-order valence-corrected chi connectivity index (χ2v) is 2.75. The van der Waals surface area contributed by atoms with E-state index in [9.17, 15) is 0 Å². The van der Waals surface area contributed by atoms with Crippen LogP contribution in [0.2, 0.25) is 0 Å². The molecule has 0 aliphatic rings. The van der Waals surface area contributed by atoms with Crippen LogP contribution < -0.4 is 0 Å². The number of hydrogen-bond acceptors (Lipinski definition) is 3. The number of aliphatic hydroxyl groups is 3. The zero-order chi connectivity index (χ0) is 20.4. The van der Waals surface area contributed by atoms with Gasteiger partial charge in [-0.2, -0.15) is 74.6 Å². The predicted molar refractivity (Wildman–Crippen MR) is 107 cm³/mol. The molecule has 0 aliphatic carbocycles. The Bertz CT molecular complexity index is 129. The Kier molecular flexibility index (Phi) is 328. The molecule has 0 saturated heterocycles. The molecule has 0 saturated carbocycles. The number of aliphatic hydroxyl groups excluding tert-OH is 3. The van der Waals surface area contributed by atoms with Gasteiger partial charge in [-0.3, -0.25) is 0 Å². The molecule has 0 amide bonds. The van der Waals surface area contributed by atoms with Crippen molar-refractivity contribution in [3.05, 3.63) is 51.6 Å². The van der Waals surface area contributed by atoms with E-state index in [2.05, 4.69) is 21.3 Å². The molecule has 3 N–H and O–H groups in total. The maximum Gasteiger partial charge on any atom is 4.00 e. The quantitative estimate of drug-likeness (QED) is 0.457. The first-order valence-corrected chi connectivity index (χ1v) is 6.59. The third kappa shape index (κ3) is 380. The van der Waals surface area contributed by atoms with E-state index in [-0.39, 0.29) is 52.4 Å². The van der Waals surface area contributed by atoms with E-state index < -0.39 is 0 Å². The van der Waals surface area contributed by atoms with E-state index in [1.54, 1.807) is 56.4 Å².